The number of hydrogen-bond acceptors (Lipinski definition) is 4. The molecule has 0 radical (unpaired) electrons. The molecule has 1 N–H and O–H groups in total. The highest BCUT2D eigenvalue weighted by molar-refractivity contribution is 5.88. The van der Waals surface area contributed by atoms with E-state index in [0.717, 1.165) is 24.0 Å². The summed E-state index contributed by atoms with van der Waals surface area (Å²) in [6.45, 7) is 8.95. The van der Waals surface area contributed by atoms with Crippen LogP contribution in [0.15, 0.2) is 48.5 Å². The maximum Gasteiger partial charge on any atom is 0.261 e. The number of benzene rings is 2. The Bertz CT molecular complexity index is 897. The Balaban J connectivity index is 2.24. The number of carbonyl (C=O) groups is 2. The second-order valence-electron chi connectivity index (χ2n) is 8.42. The van der Waals surface area contributed by atoms with Gasteiger partial charge in [-0.2, -0.15) is 0 Å². The van der Waals surface area contributed by atoms with Crippen LogP contribution in [0.2, 0.25) is 0 Å². The lowest BCUT2D eigenvalue weighted by Crippen LogP contribution is -2.50. The molecule has 2 aromatic rings. The molecule has 0 bridgehead atoms. The number of methoxy groups -OCH3 is 1. The van der Waals surface area contributed by atoms with E-state index in [1.165, 1.54) is 0 Å². The minimum atomic E-state index is -0.579. The van der Waals surface area contributed by atoms with Crippen molar-refractivity contribution in [2.24, 2.45) is 0 Å². The molecule has 33 heavy (non-hydrogen) atoms. The van der Waals surface area contributed by atoms with Crippen molar-refractivity contribution in [1.29, 1.82) is 0 Å². The van der Waals surface area contributed by atoms with E-state index in [9.17, 15) is 9.59 Å². The van der Waals surface area contributed by atoms with Crippen molar-refractivity contribution >= 4 is 11.8 Å². The molecular formula is C27H38N2O4. The molecule has 0 fully saturated rings. The Labute approximate surface area is 198 Å². The van der Waals surface area contributed by atoms with Crippen LogP contribution >= 0.6 is 0 Å². The summed E-state index contributed by atoms with van der Waals surface area (Å²) in [5.74, 6) is 1.32. The number of nitrogens with one attached hydrogen (secondary N) is 1. The molecule has 0 aliphatic heterocycles. The second kappa shape index (κ2) is 13.5. The molecule has 6 nitrogen and oxygen atoms in total. The van der Waals surface area contributed by atoms with Gasteiger partial charge in [0.05, 0.1) is 7.11 Å². The van der Waals surface area contributed by atoms with Crippen LogP contribution in [0.1, 0.15) is 64.0 Å². The molecule has 0 saturated heterocycles. The van der Waals surface area contributed by atoms with Gasteiger partial charge < -0.3 is 19.7 Å². The van der Waals surface area contributed by atoms with Gasteiger partial charge >= 0.3 is 0 Å². The van der Waals surface area contributed by atoms with Crippen molar-refractivity contribution in [3.8, 4) is 11.5 Å². The van der Waals surface area contributed by atoms with Gasteiger partial charge in [-0.3, -0.25) is 9.59 Å². The monoisotopic (exact) mass is 454 g/mol. The van der Waals surface area contributed by atoms with E-state index in [1.807, 2.05) is 55.5 Å². The van der Waals surface area contributed by atoms with Crippen molar-refractivity contribution in [2.45, 2.75) is 65.5 Å². The first-order valence-electron chi connectivity index (χ1n) is 11.8. The molecule has 2 aromatic carbocycles. The molecule has 6 heteroatoms. The molecule has 180 valence electrons. The fourth-order valence-electron chi connectivity index (χ4n) is 3.70. The highest BCUT2D eigenvalue weighted by Gasteiger charge is 2.29. The standard InChI is InChI=1S/C27H38N2O4/c1-6-8-16-28-27(31)24(7-2)29(18-21-12-11-13-22(17-21)32-5)26(30)19-33-25-15-10-9-14-23(25)20(3)4/h9-15,17,20,24H,6-8,16,18-19H2,1-5H3,(H,28,31)/t24-/m1/s1. The van der Waals surface area contributed by atoms with Gasteiger partial charge in [-0.15, -0.1) is 0 Å². The van der Waals surface area contributed by atoms with Crippen molar-refractivity contribution in [3.63, 3.8) is 0 Å². The quantitative estimate of drug-likeness (QED) is 0.436. The Morgan fingerprint density at radius 2 is 1.82 bits per heavy atom. The number of ether oxygens (including phenoxy) is 2. The summed E-state index contributed by atoms with van der Waals surface area (Å²) in [6, 6.07) is 14.7. The topological polar surface area (TPSA) is 67.9 Å². The zero-order chi connectivity index (χ0) is 24.2. The van der Waals surface area contributed by atoms with Crippen LogP contribution in [0.4, 0.5) is 0 Å². The fraction of sp³-hybridized carbons (Fsp3) is 0.481. The molecule has 2 amide bonds. The van der Waals surface area contributed by atoms with Gasteiger partial charge in [-0.25, -0.2) is 0 Å². The van der Waals surface area contributed by atoms with E-state index in [2.05, 4.69) is 26.1 Å². The van der Waals surface area contributed by atoms with Gasteiger partial charge in [0.15, 0.2) is 6.61 Å². The largest absolute Gasteiger partial charge is 0.497 e. The average Bonchev–Trinajstić information content (AvgIpc) is 2.82. The summed E-state index contributed by atoms with van der Waals surface area (Å²) in [6.07, 6.45) is 2.41. The predicted molar refractivity (Wildman–Crippen MR) is 132 cm³/mol. The molecule has 1 atom stereocenters. The number of carbonyl (C=O) groups excluding carboxylic acids is 2. The number of amides is 2. The lowest BCUT2D eigenvalue weighted by Gasteiger charge is -2.31. The Kier molecular flexibility index (Phi) is 10.7. The van der Waals surface area contributed by atoms with Crippen molar-refractivity contribution < 1.29 is 19.1 Å². The molecule has 0 aliphatic carbocycles. The van der Waals surface area contributed by atoms with Gasteiger partial charge in [0.2, 0.25) is 5.91 Å². The lowest BCUT2D eigenvalue weighted by molar-refractivity contribution is -0.143. The van der Waals surface area contributed by atoms with E-state index >= 15 is 0 Å². The van der Waals surface area contributed by atoms with E-state index in [-0.39, 0.29) is 24.3 Å². The lowest BCUT2D eigenvalue weighted by atomic mass is 10.0. The summed E-state index contributed by atoms with van der Waals surface area (Å²) in [7, 11) is 1.61. The van der Waals surface area contributed by atoms with Crippen LogP contribution in [0.25, 0.3) is 0 Å². The average molecular weight is 455 g/mol. The van der Waals surface area contributed by atoms with Crippen molar-refractivity contribution in [1.82, 2.24) is 10.2 Å². The van der Waals surface area contributed by atoms with Gasteiger partial charge in [-0.1, -0.05) is 64.4 Å². The summed E-state index contributed by atoms with van der Waals surface area (Å²) < 4.78 is 11.3. The number of rotatable bonds is 13. The van der Waals surface area contributed by atoms with Crippen molar-refractivity contribution in [2.75, 3.05) is 20.3 Å². The first-order chi connectivity index (χ1) is 15.9. The molecule has 0 spiro atoms. The Hall–Kier alpha value is -3.02. The fourth-order valence-corrected chi connectivity index (χ4v) is 3.70. The van der Waals surface area contributed by atoms with Crippen LogP contribution in [0, 0.1) is 0 Å². The molecule has 0 aromatic heterocycles. The molecule has 0 aliphatic rings. The normalized spacial score (nSPS) is 11.7. The number of nitrogens with zero attached hydrogens (tertiary/aromatic N) is 1. The minimum absolute atomic E-state index is 0.132. The third kappa shape index (κ3) is 7.81. The smallest absolute Gasteiger partial charge is 0.261 e. The van der Waals surface area contributed by atoms with E-state index < -0.39 is 6.04 Å². The highest BCUT2D eigenvalue weighted by atomic mass is 16.5. The predicted octanol–water partition coefficient (Wildman–Crippen LogP) is 4.92. The minimum Gasteiger partial charge on any atom is -0.497 e. The number of unbranched alkanes of at least 4 members (excludes halogenated alkanes) is 1. The van der Waals surface area contributed by atoms with Crippen LogP contribution in [0.3, 0.4) is 0 Å². The number of para-hydroxylation sites is 1. The van der Waals surface area contributed by atoms with E-state index in [1.54, 1.807) is 12.0 Å². The summed E-state index contributed by atoms with van der Waals surface area (Å²) in [5.41, 5.74) is 1.94. The van der Waals surface area contributed by atoms with Crippen LogP contribution < -0.4 is 14.8 Å². The van der Waals surface area contributed by atoms with Crippen LogP contribution in [-0.4, -0.2) is 43.0 Å². The first-order valence-corrected chi connectivity index (χ1v) is 11.8. The van der Waals surface area contributed by atoms with Gasteiger partial charge in [0.1, 0.15) is 17.5 Å². The summed E-state index contributed by atoms with van der Waals surface area (Å²) in [5, 5.41) is 2.98. The maximum absolute atomic E-state index is 13.4. The van der Waals surface area contributed by atoms with E-state index in [0.29, 0.717) is 31.0 Å². The third-order valence-electron chi connectivity index (χ3n) is 5.59. The molecule has 0 unspecified atom stereocenters. The van der Waals surface area contributed by atoms with Gasteiger partial charge in [0, 0.05) is 13.1 Å². The van der Waals surface area contributed by atoms with Crippen LogP contribution in [0.5, 0.6) is 11.5 Å². The molecule has 2 rings (SSSR count). The third-order valence-corrected chi connectivity index (χ3v) is 5.59. The molecule has 0 saturated carbocycles. The van der Waals surface area contributed by atoms with Crippen molar-refractivity contribution in [3.05, 3.63) is 59.7 Å². The Morgan fingerprint density at radius 1 is 1.06 bits per heavy atom. The van der Waals surface area contributed by atoms with Gasteiger partial charge in [-0.05, 0) is 48.1 Å². The summed E-state index contributed by atoms with van der Waals surface area (Å²) in [4.78, 5) is 28.0. The Morgan fingerprint density at radius 3 is 2.48 bits per heavy atom. The van der Waals surface area contributed by atoms with Crippen LogP contribution in [-0.2, 0) is 16.1 Å². The summed E-state index contributed by atoms with van der Waals surface area (Å²) >= 11 is 0. The molecular weight excluding hydrogens is 416 g/mol. The SMILES string of the molecule is CCCCNC(=O)[C@@H](CC)N(Cc1cccc(OC)c1)C(=O)COc1ccccc1C(C)C. The zero-order valence-electron chi connectivity index (χ0n) is 20.6. The highest BCUT2D eigenvalue weighted by Crippen LogP contribution is 2.26. The van der Waals surface area contributed by atoms with E-state index in [4.69, 9.17) is 9.47 Å². The second-order valence-corrected chi connectivity index (χ2v) is 8.42. The maximum atomic E-state index is 13.4. The first kappa shape index (κ1) is 26.2. The number of hydrogen-bond donors (Lipinski definition) is 1. The zero-order valence-corrected chi connectivity index (χ0v) is 20.6. The molecule has 0 heterocycles. The van der Waals surface area contributed by atoms with Gasteiger partial charge in [0.25, 0.3) is 5.91 Å².